The number of nitrogens with one attached hydrogen (secondary N) is 1. The molecule has 1 aromatic carbocycles. The Morgan fingerprint density at radius 1 is 1.05 bits per heavy atom. The van der Waals surface area contributed by atoms with Crippen molar-refractivity contribution < 1.29 is 32.6 Å². The molecule has 10 heteroatoms. The number of carbonyl (C=O) groups excluding carboxylic acids is 1. The number of esters is 1. The van der Waals surface area contributed by atoms with Crippen molar-refractivity contribution in [3.8, 4) is 0 Å². The molecule has 0 spiro atoms. The molecule has 2 heterocycles. The number of carbonyl (C=O) groups is 2. The van der Waals surface area contributed by atoms with Crippen molar-refractivity contribution in [2.75, 3.05) is 7.11 Å². The van der Waals surface area contributed by atoms with Gasteiger partial charge in [-0.1, -0.05) is 12.1 Å². The first-order chi connectivity index (χ1) is 17.7. The van der Waals surface area contributed by atoms with Crippen molar-refractivity contribution in [3.05, 3.63) is 76.0 Å². The number of ether oxygens (including phenoxy) is 1. The summed E-state index contributed by atoms with van der Waals surface area (Å²) in [5.74, 6) is -3.13. The van der Waals surface area contributed by atoms with Crippen molar-refractivity contribution >= 4 is 17.8 Å². The Labute approximate surface area is 208 Å². The van der Waals surface area contributed by atoms with E-state index in [1.165, 1.54) is 19.2 Å². The number of hydrogen-bond donors (Lipinski definition) is 2. The largest absolute Gasteiger partial charge is 0.481 e. The Balaban J connectivity index is 1.32. The van der Waals surface area contributed by atoms with Gasteiger partial charge >= 0.3 is 11.9 Å². The zero-order chi connectivity index (χ0) is 25.8. The van der Waals surface area contributed by atoms with Crippen LogP contribution in [0.3, 0.4) is 0 Å². The van der Waals surface area contributed by atoms with E-state index in [1.54, 1.807) is 13.0 Å². The number of amidine groups is 1. The van der Waals surface area contributed by atoms with Gasteiger partial charge in [-0.2, -0.15) is 0 Å². The minimum atomic E-state index is -1.02. The molecule has 2 aromatic rings. The molecular formula is C27H20F3N3O4. The fourth-order valence-corrected chi connectivity index (χ4v) is 9.52. The lowest BCUT2D eigenvalue weighted by atomic mass is 8.92. The number of carboxylic acids is 1. The summed E-state index contributed by atoms with van der Waals surface area (Å²) < 4.78 is 48.3. The zero-order valence-corrected chi connectivity index (χ0v) is 19.6. The van der Waals surface area contributed by atoms with E-state index in [1.807, 2.05) is 0 Å². The van der Waals surface area contributed by atoms with Crippen molar-refractivity contribution in [2.24, 2.45) is 51.3 Å². The van der Waals surface area contributed by atoms with Gasteiger partial charge in [0.25, 0.3) is 0 Å². The maximum Gasteiger partial charge on any atom is 0.338 e. The van der Waals surface area contributed by atoms with Gasteiger partial charge in [-0.15, -0.1) is 0 Å². The predicted octanol–water partition coefficient (Wildman–Crippen LogP) is 3.15. The molecule has 0 bridgehead atoms. The second-order valence-electron chi connectivity index (χ2n) is 11.0. The standard InChI is InChI=1S/C27H20F3N3O4/c1-8-10(4-3-5-11(8)29)20-13(24(34)37-2)22(33-23(32-20)21-12(30)6-9(28)7-31-21)26-14-17-15(26)19-16(26)18(14)27(17,19)25(35)36/h3-7,14-20H,1-2H3,(H,32,33)(H,35,36)/t14?,15?,16?,17?,18?,19?,20-,26?,27?/m0/s1. The first-order valence-corrected chi connectivity index (χ1v) is 12.2. The smallest absolute Gasteiger partial charge is 0.338 e. The number of benzene rings is 1. The summed E-state index contributed by atoms with van der Waals surface area (Å²) in [5.41, 5.74) is 0.151. The summed E-state index contributed by atoms with van der Waals surface area (Å²) in [6.45, 7) is 1.58. The highest BCUT2D eigenvalue weighted by atomic mass is 19.1. The van der Waals surface area contributed by atoms with Gasteiger partial charge < -0.3 is 15.2 Å². The molecular weight excluding hydrogens is 487 g/mol. The molecule has 1 aromatic heterocycles. The lowest BCUT2D eigenvalue weighted by molar-refractivity contribution is -0.633. The number of hydrogen-bond acceptors (Lipinski definition) is 6. The Morgan fingerprint density at radius 2 is 1.73 bits per heavy atom. The molecule has 9 rings (SSSR count). The molecule has 1 atom stereocenters. The Kier molecular flexibility index (Phi) is 3.60. The van der Waals surface area contributed by atoms with Crippen molar-refractivity contribution in [2.45, 2.75) is 13.0 Å². The number of pyridine rings is 1. The van der Waals surface area contributed by atoms with Crippen LogP contribution in [-0.4, -0.2) is 35.0 Å². The Hall–Kier alpha value is -3.69. The van der Waals surface area contributed by atoms with E-state index in [9.17, 15) is 27.9 Å². The van der Waals surface area contributed by atoms with Gasteiger partial charge in [-0.25, -0.2) is 22.9 Å². The first kappa shape index (κ1) is 21.4. The number of allylic oxidation sites excluding steroid dienone is 1. The normalized spacial score (nSPS) is 40.6. The molecule has 7 nitrogen and oxygen atoms in total. The highest BCUT2D eigenvalue weighted by Crippen LogP contribution is 3.11. The van der Waals surface area contributed by atoms with Crippen molar-refractivity contribution in [1.82, 2.24) is 10.3 Å². The average molecular weight is 507 g/mol. The van der Waals surface area contributed by atoms with Gasteiger partial charge in [0, 0.05) is 17.2 Å². The molecule has 0 unspecified atom stereocenters. The third kappa shape index (κ3) is 1.89. The van der Waals surface area contributed by atoms with Crippen LogP contribution in [0, 0.1) is 70.7 Å². The van der Waals surface area contributed by atoms with Gasteiger partial charge in [0.05, 0.1) is 24.3 Å². The van der Waals surface area contributed by atoms with Crippen LogP contribution in [0.25, 0.3) is 0 Å². The number of aromatic nitrogens is 1. The summed E-state index contributed by atoms with van der Waals surface area (Å²) in [6.07, 6.45) is 0.880. The van der Waals surface area contributed by atoms with E-state index in [4.69, 9.17) is 4.74 Å². The number of methoxy groups -OCH3 is 1. The monoisotopic (exact) mass is 507 g/mol. The summed E-state index contributed by atoms with van der Waals surface area (Å²) in [4.78, 5) is 33.9. The van der Waals surface area contributed by atoms with Gasteiger partial charge in [-0.05, 0) is 59.6 Å². The molecule has 188 valence electrons. The summed E-state index contributed by atoms with van der Waals surface area (Å²) in [5, 5.41) is 13.1. The molecule has 6 aliphatic carbocycles. The first-order valence-electron chi connectivity index (χ1n) is 12.2. The second kappa shape index (κ2) is 6.23. The van der Waals surface area contributed by atoms with Crippen LogP contribution in [0.4, 0.5) is 13.2 Å². The third-order valence-electron chi connectivity index (χ3n) is 10.5. The lowest BCUT2D eigenvalue weighted by Gasteiger charge is -3.10. The van der Waals surface area contributed by atoms with Crippen LogP contribution < -0.4 is 5.32 Å². The maximum absolute atomic E-state index is 14.9. The van der Waals surface area contributed by atoms with Gasteiger partial charge in [0.2, 0.25) is 0 Å². The van der Waals surface area contributed by atoms with E-state index in [0.29, 0.717) is 17.3 Å². The highest BCUT2D eigenvalue weighted by Gasteiger charge is 3.12. The van der Waals surface area contributed by atoms with Crippen molar-refractivity contribution in [3.63, 3.8) is 0 Å². The molecule has 6 saturated carbocycles. The number of halogens is 3. The van der Waals surface area contributed by atoms with E-state index >= 15 is 0 Å². The minimum Gasteiger partial charge on any atom is -0.481 e. The molecule has 0 radical (unpaired) electrons. The van der Waals surface area contributed by atoms with Crippen LogP contribution in [0.15, 0.2) is 46.7 Å². The maximum atomic E-state index is 14.9. The van der Waals surface area contributed by atoms with Crippen LogP contribution in [-0.2, 0) is 14.3 Å². The van der Waals surface area contributed by atoms with Gasteiger partial charge in [0.15, 0.2) is 11.7 Å². The SMILES string of the molecule is COC(=O)C1=C(C23C4C5C2C2C3C4C52C(=O)O)NC(c2ncc(F)cc2F)=N[C@H]1c1cccc(F)c1C. The number of rotatable bonds is 5. The number of carboxylic acid groups (broad SMARTS) is 1. The highest BCUT2D eigenvalue weighted by molar-refractivity contribution is 6.04. The van der Waals surface area contributed by atoms with E-state index in [2.05, 4.69) is 15.3 Å². The third-order valence-corrected chi connectivity index (χ3v) is 10.5. The topological polar surface area (TPSA) is 101 Å². The molecule has 7 aliphatic rings. The predicted molar refractivity (Wildman–Crippen MR) is 120 cm³/mol. The number of aliphatic imine (C=N–C) groups is 1. The van der Waals surface area contributed by atoms with E-state index in [-0.39, 0.29) is 58.2 Å². The van der Waals surface area contributed by atoms with Crippen LogP contribution in [0.1, 0.15) is 22.9 Å². The lowest BCUT2D eigenvalue weighted by Crippen LogP contribution is -3.11. The summed E-state index contributed by atoms with van der Waals surface area (Å²) in [7, 11) is 1.25. The molecule has 0 saturated heterocycles. The molecule has 0 amide bonds. The minimum absolute atomic E-state index is 0.00966. The summed E-state index contributed by atoms with van der Waals surface area (Å²) in [6, 6.07) is 4.16. The average Bonchev–Trinajstić information content (AvgIpc) is 2.88. The molecule has 2 N–H and O–H groups in total. The molecule has 37 heavy (non-hydrogen) atoms. The summed E-state index contributed by atoms with van der Waals surface area (Å²) >= 11 is 0. The van der Waals surface area contributed by atoms with Crippen molar-refractivity contribution in [1.29, 1.82) is 0 Å². The van der Waals surface area contributed by atoms with E-state index in [0.717, 1.165) is 6.20 Å². The fourth-order valence-electron chi connectivity index (χ4n) is 9.52. The van der Waals surface area contributed by atoms with Gasteiger partial charge in [-0.3, -0.25) is 9.79 Å². The van der Waals surface area contributed by atoms with Crippen LogP contribution in [0.2, 0.25) is 0 Å². The van der Waals surface area contributed by atoms with Crippen LogP contribution in [0.5, 0.6) is 0 Å². The number of nitrogens with zero attached hydrogens (tertiary/aromatic N) is 2. The molecule has 1 aliphatic heterocycles. The zero-order valence-electron chi connectivity index (χ0n) is 19.6. The Morgan fingerprint density at radius 3 is 2.32 bits per heavy atom. The Bertz CT molecular complexity index is 1510. The van der Waals surface area contributed by atoms with Gasteiger partial charge in [0.1, 0.15) is 23.4 Å². The van der Waals surface area contributed by atoms with Crippen LogP contribution >= 0.6 is 0 Å². The second-order valence-corrected chi connectivity index (χ2v) is 11.0. The number of aliphatic carboxylic acids is 1. The fraction of sp³-hybridized carbons (Fsp3) is 0.407. The van der Waals surface area contributed by atoms with E-state index < -0.39 is 46.3 Å². The molecule has 6 fully saturated rings. The quantitative estimate of drug-likeness (QED) is 0.604.